The van der Waals surface area contributed by atoms with Gasteiger partial charge in [-0.1, -0.05) is 24.3 Å². The highest BCUT2D eigenvalue weighted by molar-refractivity contribution is 5.78. The number of likely N-dealkylation sites (N-methyl/N-ethyl adjacent to an activating group) is 1. The van der Waals surface area contributed by atoms with Crippen LogP contribution in [0.3, 0.4) is 0 Å². The molecular weight excluding hydrogens is 318 g/mol. The summed E-state index contributed by atoms with van der Waals surface area (Å²) in [5.41, 5.74) is 2.03. The molecule has 0 atom stereocenters. The maximum absolute atomic E-state index is 12.5. The Morgan fingerprint density at radius 1 is 1.12 bits per heavy atom. The number of para-hydroxylation sites is 1. The number of nitrogens with zero attached hydrogens (tertiary/aromatic N) is 1. The van der Waals surface area contributed by atoms with Crippen molar-refractivity contribution in [3.8, 4) is 17.2 Å². The molecule has 2 aromatic carbocycles. The van der Waals surface area contributed by atoms with E-state index in [1.165, 1.54) is 0 Å². The first-order valence-electron chi connectivity index (χ1n) is 8.42. The molecule has 0 saturated carbocycles. The highest BCUT2D eigenvalue weighted by Crippen LogP contribution is 2.31. The minimum absolute atomic E-state index is 0.0755. The van der Waals surface area contributed by atoms with E-state index in [0.29, 0.717) is 31.9 Å². The number of carbonyl (C=O) groups excluding carboxylic acids is 1. The van der Waals surface area contributed by atoms with E-state index in [0.717, 1.165) is 29.0 Å². The highest BCUT2D eigenvalue weighted by atomic mass is 16.6. The van der Waals surface area contributed by atoms with Crippen LogP contribution < -0.4 is 14.2 Å². The van der Waals surface area contributed by atoms with E-state index >= 15 is 0 Å². The van der Waals surface area contributed by atoms with Gasteiger partial charge in [0.15, 0.2) is 11.5 Å². The van der Waals surface area contributed by atoms with Gasteiger partial charge in [-0.15, -0.1) is 0 Å². The summed E-state index contributed by atoms with van der Waals surface area (Å²) in [6, 6.07) is 13.6. The van der Waals surface area contributed by atoms with Crippen molar-refractivity contribution in [3.05, 3.63) is 53.6 Å². The van der Waals surface area contributed by atoms with Crippen LogP contribution in [0.4, 0.5) is 0 Å². The van der Waals surface area contributed by atoms with Crippen LogP contribution in [-0.2, 0) is 17.6 Å². The predicted molar refractivity (Wildman–Crippen MR) is 95.5 cm³/mol. The van der Waals surface area contributed by atoms with Crippen molar-refractivity contribution in [3.63, 3.8) is 0 Å². The van der Waals surface area contributed by atoms with Crippen molar-refractivity contribution in [2.75, 3.05) is 33.9 Å². The minimum Gasteiger partial charge on any atom is -0.496 e. The van der Waals surface area contributed by atoms with Crippen molar-refractivity contribution < 1.29 is 19.0 Å². The zero-order chi connectivity index (χ0) is 17.6. The zero-order valence-corrected chi connectivity index (χ0v) is 14.7. The molecule has 0 aliphatic carbocycles. The topological polar surface area (TPSA) is 48.0 Å². The standard InChI is InChI=1S/C20H23NO4/c1-21(10-9-16-5-3-4-6-17(16)23-2)20(22)14-15-7-8-18-19(13-15)25-12-11-24-18/h3-8,13H,9-12,14H2,1-2H3. The lowest BCUT2D eigenvalue weighted by Crippen LogP contribution is -2.30. The van der Waals surface area contributed by atoms with Gasteiger partial charge in [0.05, 0.1) is 13.5 Å². The van der Waals surface area contributed by atoms with Crippen molar-refractivity contribution in [1.29, 1.82) is 0 Å². The quantitative estimate of drug-likeness (QED) is 0.811. The van der Waals surface area contributed by atoms with Crippen LogP contribution in [0.25, 0.3) is 0 Å². The van der Waals surface area contributed by atoms with Gasteiger partial charge in [-0.2, -0.15) is 0 Å². The van der Waals surface area contributed by atoms with Crippen molar-refractivity contribution in [2.45, 2.75) is 12.8 Å². The zero-order valence-electron chi connectivity index (χ0n) is 14.7. The fourth-order valence-electron chi connectivity index (χ4n) is 2.83. The van der Waals surface area contributed by atoms with Crippen molar-refractivity contribution >= 4 is 5.91 Å². The number of fused-ring (bicyclic) bond motifs is 1. The summed E-state index contributed by atoms with van der Waals surface area (Å²) in [6.45, 7) is 1.75. The van der Waals surface area contributed by atoms with Crippen LogP contribution in [0.2, 0.25) is 0 Å². The first-order chi connectivity index (χ1) is 12.2. The van der Waals surface area contributed by atoms with E-state index in [2.05, 4.69) is 0 Å². The number of rotatable bonds is 6. The summed E-state index contributed by atoms with van der Waals surface area (Å²) in [5, 5.41) is 0. The molecule has 5 nitrogen and oxygen atoms in total. The SMILES string of the molecule is COc1ccccc1CCN(C)C(=O)Cc1ccc2c(c1)OCCO2. The Kier molecular flexibility index (Phi) is 5.43. The molecule has 0 unspecified atom stereocenters. The largest absolute Gasteiger partial charge is 0.496 e. The Bertz CT molecular complexity index is 744. The van der Waals surface area contributed by atoms with Crippen LogP contribution in [0.1, 0.15) is 11.1 Å². The number of amides is 1. The molecule has 0 saturated heterocycles. The van der Waals surface area contributed by atoms with E-state index in [4.69, 9.17) is 14.2 Å². The molecule has 1 amide bonds. The van der Waals surface area contributed by atoms with Gasteiger partial charge in [-0.3, -0.25) is 4.79 Å². The van der Waals surface area contributed by atoms with Gasteiger partial charge in [-0.05, 0) is 35.7 Å². The summed E-state index contributed by atoms with van der Waals surface area (Å²) in [7, 11) is 3.49. The molecule has 0 radical (unpaired) electrons. The maximum atomic E-state index is 12.5. The second-order valence-electron chi connectivity index (χ2n) is 6.03. The molecule has 0 bridgehead atoms. The summed E-state index contributed by atoms with van der Waals surface area (Å²) < 4.78 is 16.4. The second-order valence-corrected chi connectivity index (χ2v) is 6.03. The molecule has 1 heterocycles. The lowest BCUT2D eigenvalue weighted by molar-refractivity contribution is -0.129. The molecule has 1 aliphatic rings. The summed E-state index contributed by atoms with van der Waals surface area (Å²) in [5.74, 6) is 2.39. The third kappa shape index (κ3) is 4.24. The van der Waals surface area contributed by atoms with Crippen LogP contribution in [-0.4, -0.2) is 44.7 Å². The lowest BCUT2D eigenvalue weighted by atomic mass is 10.1. The molecule has 1 aliphatic heterocycles. The van der Waals surface area contributed by atoms with E-state index in [-0.39, 0.29) is 5.91 Å². The predicted octanol–water partition coefficient (Wildman–Crippen LogP) is 2.71. The van der Waals surface area contributed by atoms with Crippen molar-refractivity contribution in [2.24, 2.45) is 0 Å². The second kappa shape index (κ2) is 7.92. The third-order valence-corrected chi connectivity index (χ3v) is 4.30. The number of hydrogen-bond acceptors (Lipinski definition) is 4. The molecule has 5 heteroatoms. The van der Waals surface area contributed by atoms with Gasteiger partial charge in [0.2, 0.25) is 5.91 Å². The molecule has 2 aromatic rings. The number of methoxy groups -OCH3 is 1. The van der Waals surface area contributed by atoms with Crippen LogP contribution >= 0.6 is 0 Å². The number of carbonyl (C=O) groups is 1. The monoisotopic (exact) mass is 341 g/mol. The van der Waals surface area contributed by atoms with Gasteiger partial charge in [0, 0.05) is 13.6 Å². The summed E-state index contributed by atoms with van der Waals surface area (Å²) in [4.78, 5) is 14.2. The van der Waals surface area contributed by atoms with Gasteiger partial charge < -0.3 is 19.1 Å². The average molecular weight is 341 g/mol. The van der Waals surface area contributed by atoms with E-state index in [1.807, 2.05) is 49.5 Å². The average Bonchev–Trinajstić information content (AvgIpc) is 2.66. The highest BCUT2D eigenvalue weighted by Gasteiger charge is 2.15. The molecule has 0 N–H and O–H groups in total. The maximum Gasteiger partial charge on any atom is 0.226 e. The lowest BCUT2D eigenvalue weighted by Gasteiger charge is -2.20. The fraction of sp³-hybridized carbons (Fsp3) is 0.350. The minimum atomic E-state index is 0.0755. The normalized spacial score (nSPS) is 12.6. The number of hydrogen-bond donors (Lipinski definition) is 0. The Morgan fingerprint density at radius 3 is 2.68 bits per heavy atom. The van der Waals surface area contributed by atoms with Crippen LogP contribution in [0.15, 0.2) is 42.5 Å². The molecule has 132 valence electrons. The van der Waals surface area contributed by atoms with E-state index < -0.39 is 0 Å². The van der Waals surface area contributed by atoms with Crippen LogP contribution in [0, 0.1) is 0 Å². The molecule has 0 aromatic heterocycles. The van der Waals surface area contributed by atoms with E-state index in [1.54, 1.807) is 12.0 Å². The first kappa shape index (κ1) is 17.1. The van der Waals surface area contributed by atoms with Gasteiger partial charge >= 0.3 is 0 Å². The smallest absolute Gasteiger partial charge is 0.226 e. The molecular formula is C20H23NO4. The Balaban J connectivity index is 1.57. The third-order valence-electron chi connectivity index (χ3n) is 4.30. The molecule has 0 fully saturated rings. The first-order valence-corrected chi connectivity index (χ1v) is 8.42. The summed E-state index contributed by atoms with van der Waals surface area (Å²) in [6.07, 6.45) is 1.10. The Morgan fingerprint density at radius 2 is 1.88 bits per heavy atom. The van der Waals surface area contributed by atoms with Gasteiger partial charge in [0.1, 0.15) is 19.0 Å². The van der Waals surface area contributed by atoms with E-state index in [9.17, 15) is 4.79 Å². The van der Waals surface area contributed by atoms with Crippen molar-refractivity contribution in [1.82, 2.24) is 4.90 Å². The number of ether oxygens (including phenoxy) is 3. The van der Waals surface area contributed by atoms with Gasteiger partial charge in [-0.25, -0.2) is 0 Å². The Labute approximate surface area is 148 Å². The Hall–Kier alpha value is -2.69. The molecule has 0 spiro atoms. The van der Waals surface area contributed by atoms with Crippen LogP contribution in [0.5, 0.6) is 17.2 Å². The molecule has 3 rings (SSSR count). The fourth-order valence-corrected chi connectivity index (χ4v) is 2.83. The summed E-state index contributed by atoms with van der Waals surface area (Å²) >= 11 is 0. The number of benzene rings is 2. The van der Waals surface area contributed by atoms with Gasteiger partial charge in [0.25, 0.3) is 0 Å². The molecule has 25 heavy (non-hydrogen) atoms.